The van der Waals surface area contributed by atoms with Crippen LogP contribution in [-0.2, 0) is 9.59 Å². The molecule has 2 atom stereocenters. The first-order valence-corrected chi connectivity index (χ1v) is 11.0. The summed E-state index contributed by atoms with van der Waals surface area (Å²) in [6.45, 7) is 5.77. The van der Waals surface area contributed by atoms with Crippen molar-refractivity contribution in [3.8, 4) is 5.75 Å². The third-order valence-corrected chi connectivity index (χ3v) is 6.60. The van der Waals surface area contributed by atoms with Gasteiger partial charge in [0.1, 0.15) is 11.4 Å². The number of ether oxygens (including phenoxy) is 1. The summed E-state index contributed by atoms with van der Waals surface area (Å²) in [4.78, 5) is 30.5. The Kier molecular flexibility index (Phi) is 6.00. The Morgan fingerprint density at radius 1 is 0.935 bits per heavy atom. The maximum atomic E-state index is 13.7. The SMILES string of the molecule is COc1ccc(C2=C(N3CC(C)CC(C)C3)C(=O)N(c3cccc(Cl)c3Cl)C2=O)cc1. The van der Waals surface area contributed by atoms with E-state index in [2.05, 4.69) is 18.7 Å². The van der Waals surface area contributed by atoms with Gasteiger partial charge in [-0.15, -0.1) is 0 Å². The van der Waals surface area contributed by atoms with Crippen molar-refractivity contribution in [3.63, 3.8) is 0 Å². The van der Waals surface area contributed by atoms with E-state index in [4.69, 9.17) is 27.9 Å². The second-order valence-electron chi connectivity index (χ2n) is 8.32. The molecule has 0 saturated carbocycles. The molecule has 4 rings (SSSR count). The highest BCUT2D eigenvalue weighted by Crippen LogP contribution is 2.41. The van der Waals surface area contributed by atoms with Crippen LogP contribution in [0.25, 0.3) is 5.57 Å². The molecule has 2 aliphatic heterocycles. The van der Waals surface area contributed by atoms with E-state index in [1.165, 1.54) is 0 Å². The summed E-state index contributed by atoms with van der Waals surface area (Å²) in [6, 6.07) is 12.1. The largest absolute Gasteiger partial charge is 0.497 e. The van der Waals surface area contributed by atoms with E-state index in [1.54, 1.807) is 49.6 Å². The van der Waals surface area contributed by atoms with Gasteiger partial charge in [-0.2, -0.15) is 0 Å². The highest BCUT2D eigenvalue weighted by Gasteiger charge is 2.44. The Hall–Kier alpha value is -2.50. The van der Waals surface area contributed by atoms with Crippen LogP contribution in [0, 0.1) is 11.8 Å². The van der Waals surface area contributed by atoms with E-state index in [-0.39, 0.29) is 10.9 Å². The number of benzene rings is 2. The summed E-state index contributed by atoms with van der Waals surface area (Å²) >= 11 is 12.6. The van der Waals surface area contributed by atoms with Gasteiger partial charge in [0.25, 0.3) is 11.8 Å². The molecule has 1 fully saturated rings. The van der Waals surface area contributed by atoms with Crippen LogP contribution in [0.5, 0.6) is 5.75 Å². The minimum absolute atomic E-state index is 0.182. The molecule has 0 radical (unpaired) electrons. The van der Waals surface area contributed by atoms with Gasteiger partial charge in [-0.1, -0.05) is 55.2 Å². The molecular formula is C24H24Cl2N2O3. The molecule has 0 aliphatic carbocycles. The first kappa shape index (κ1) is 21.7. The van der Waals surface area contributed by atoms with Gasteiger partial charge in [0.15, 0.2) is 0 Å². The monoisotopic (exact) mass is 458 g/mol. The lowest BCUT2D eigenvalue weighted by Gasteiger charge is -2.37. The number of halogens is 2. The summed E-state index contributed by atoms with van der Waals surface area (Å²) in [7, 11) is 1.59. The lowest BCUT2D eigenvalue weighted by atomic mass is 9.91. The molecule has 2 aromatic carbocycles. The first-order chi connectivity index (χ1) is 14.8. The lowest BCUT2D eigenvalue weighted by molar-refractivity contribution is -0.120. The number of hydrogen-bond acceptors (Lipinski definition) is 4. The topological polar surface area (TPSA) is 49.9 Å². The molecule has 31 heavy (non-hydrogen) atoms. The van der Waals surface area contributed by atoms with Crippen molar-refractivity contribution in [2.45, 2.75) is 20.3 Å². The van der Waals surface area contributed by atoms with Gasteiger partial charge in [-0.25, -0.2) is 4.90 Å². The van der Waals surface area contributed by atoms with Crippen LogP contribution in [0.4, 0.5) is 5.69 Å². The Bertz CT molecular complexity index is 1050. The van der Waals surface area contributed by atoms with E-state index < -0.39 is 5.91 Å². The van der Waals surface area contributed by atoms with E-state index >= 15 is 0 Å². The molecule has 1 saturated heterocycles. The Morgan fingerprint density at radius 3 is 2.19 bits per heavy atom. The molecule has 162 valence electrons. The van der Waals surface area contributed by atoms with Crippen LogP contribution in [0.2, 0.25) is 10.0 Å². The van der Waals surface area contributed by atoms with Gasteiger partial charge in [0, 0.05) is 13.1 Å². The number of nitrogens with zero attached hydrogens (tertiary/aromatic N) is 2. The number of rotatable bonds is 4. The molecule has 2 aromatic rings. The van der Waals surface area contributed by atoms with Crippen LogP contribution in [0.3, 0.4) is 0 Å². The number of amides is 2. The van der Waals surface area contributed by atoms with E-state index in [1.807, 2.05) is 0 Å². The van der Waals surface area contributed by atoms with E-state index in [0.717, 1.165) is 24.4 Å². The van der Waals surface area contributed by atoms with Crippen molar-refractivity contribution in [3.05, 3.63) is 63.8 Å². The summed E-state index contributed by atoms with van der Waals surface area (Å²) in [6.07, 6.45) is 1.09. The number of likely N-dealkylation sites (tertiary alicyclic amines) is 1. The zero-order valence-corrected chi connectivity index (χ0v) is 19.2. The number of hydrogen-bond donors (Lipinski definition) is 0. The molecule has 5 nitrogen and oxygen atoms in total. The fraction of sp³-hybridized carbons (Fsp3) is 0.333. The van der Waals surface area contributed by atoms with Crippen molar-refractivity contribution in [2.24, 2.45) is 11.8 Å². The number of carbonyl (C=O) groups is 2. The minimum atomic E-state index is -0.403. The van der Waals surface area contributed by atoms with E-state index in [0.29, 0.717) is 45.1 Å². The van der Waals surface area contributed by atoms with Crippen molar-refractivity contribution >= 4 is 46.3 Å². The molecule has 0 aromatic heterocycles. The average molecular weight is 459 g/mol. The molecule has 0 N–H and O–H groups in total. The summed E-state index contributed by atoms with van der Waals surface area (Å²) in [5, 5.41) is 0.473. The highest BCUT2D eigenvalue weighted by atomic mass is 35.5. The molecule has 0 bridgehead atoms. The van der Waals surface area contributed by atoms with Crippen molar-refractivity contribution in [1.29, 1.82) is 0 Å². The van der Waals surface area contributed by atoms with Gasteiger partial charge in [0.05, 0.1) is 28.4 Å². The van der Waals surface area contributed by atoms with Gasteiger partial charge in [-0.05, 0) is 48.1 Å². The normalized spacial score (nSPS) is 21.8. The predicted molar refractivity (Wildman–Crippen MR) is 123 cm³/mol. The number of carbonyl (C=O) groups excluding carboxylic acids is 2. The van der Waals surface area contributed by atoms with Crippen LogP contribution >= 0.6 is 23.2 Å². The maximum absolute atomic E-state index is 13.7. The van der Waals surface area contributed by atoms with Gasteiger partial charge in [-0.3, -0.25) is 9.59 Å². The van der Waals surface area contributed by atoms with Crippen molar-refractivity contribution in [2.75, 3.05) is 25.1 Å². The van der Waals surface area contributed by atoms with Crippen LogP contribution in [0.15, 0.2) is 48.2 Å². The predicted octanol–water partition coefficient (Wildman–Crippen LogP) is 5.26. The van der Waals surface area contributed by atoms with Crippen molar-refractivity contribution in [1.82, 2.24) is 4.90 Å². The second-order valence-corrected chi connectivity index (χ2v) is 9.11. The van der Waals surface area contributed by atoms with Crippen molar-refractivity contribution < 1.29 is 14.3 Å². The maximum Gasteiger partial charge on any atom is 0.282 e. The number of piperidine rings is 1. The highest BCUT2D eigenvalue weighted by molar-refractivity contribution is 6.49. The second kappa shape index (κ2) is 8.56. The molecule has 2 heterocycles. The fourth-order valence-corrected chi connectivity index (χ4v) is 4.94. The quantitative estimate of drug-likeness (QED) is 0.585. The average Bonchev–Trinajstić information content (AvgIpc) is 3.00. The zero-order valence-electron chi connectivity index (χ0n) is 17.7. The standard InChI is InChI=1S/C24H24Cl2N2O3/c1-14-11-15(2)13-27(12-14)22-20(16-7-9-17(31-3)10-8-16)23(29)28(24(22)30)19-6-4-5-18(25)21(19)26/h4-10,14-15H,11-13H2,1-3H3. The van der Waals surface area contributed by atoms with Crippen LogP contribution < -0.4 is 9.64 Å². The van der Waals surface area contributed by atoms with Gasteiger partial charge >= 0.3 is 0 Å². The summed E-state index contributed by atoms with van der Waals surface area (Å²) in [5.41, 5.74) is 1.76. The van der Waals surface area contributed by atoms with Crippen LogP contribution in [-0.4, -0.2) is 36.9 Å². The number of anilines is 1. The molecule has 2 amide bonds. The molecule has 2 unspecified atom stereocenters. The zero-order chi connectivity index (χ0) is 22.3. The molecule has 0 spiro atoms. The van der Waals surface area contributed by atoms with E-state index in [9.17, 15) is 9.59 Å². The first-order valence-electron chi connectivity index (χ1n) is 10.3. The number of imide groups is 1. The molecular weight excluding hydrogens is 435 g/mol. The smallest absolute Gasteiger partial charge is 0.282 e. The summed E-state index contributed by atoms with van der Waals surface area (Å²) in [5.74, 6) is 0.735. The van der Waals surface area contributed by atoms with Gasteiger partial charge < -0.3 is 9.64 Å². The molecule has 7 heteroatoms. The third-order valence-electron chi connectivity index (χ3n) is 5.80. The molecule has 2 aliphatic rings. The Labute approximate surface area is 192 Å². The minimum Gasteiger partial charge on any atom is -0.497 e. The summed E-state index contributed by atoms with van der Waals surface area (Å²) < 4.78 is 5.25. The third kappa shape index (κ3) is 3.92. The number of methoxy groups -OCH3 is 1. The Balaban J connectivity index is 1.85. The fourth-order valence-electron chi connectivity index (χ4n) is 4.56. The van der Waals surface area contributed by atoms with Crippen LogP contribution in [0.1, 0.15) is 25.8 Å². The Morgan fingerprint density at radius 2 is 1.58 bits per heavy atom. The lowest BCUT2D eigenvalue weighted by Crippen LogP contribution is -2.42. The van der Waals surface area contributed by atoms with Gasteiger partial charge in [0.2, 0.25) is 0 Å².